The molecule has 0 aliphatic carbocycles. The van der Waals surface area contributed by atoms with E-state index >= 15 is 0 Å². The Morgan fingerprint density at radius 3 is 2.36 bits per heavy atom. The van der Waals surface area contributed by atoms with Crippen molar-refractivity contribution in [3.8, 4) is 11.3 Å². The normalized spacial score (nSPS) is 11.0. The average molecular weight is 384 g/mol. The maximum Gasteiger partial charge on any atom is 0.416 e. The fourth-order valence-corrected chi connectivity index (χ4v) is 2.48. The molecule has 142 valence electrons. The third kappa shape index (κ3) is 4.53. The van der Waals surface area contributed by atoms with Crippen LogP contribution in [0.5, 0.6) is 0 Å². The van der Waals surface area contributed by atoms with Crippen molar-refractivity contribution in [1.82, 2.24) is 10.2 Å². The summed E-state index contributed by atoms with van der Waals surface area (Å²) < 4.78 is 38.2. The molecule has 0 aliphatic heterocycles. The first kappa shape index (κ1) is 19.1. The molecule has 0 spiro atoms. The van der Waals surface area contributed by atoms with Crippen LogP contribution in [0, 0.1) is 0 Å². The second-order valence-electron chi connectivity index (χ2n) is 5.76. The highest BCUT2D eigenvalue weighted by molar-refractivity contribution is 5.99. The molecule has 28 heavy (non-hydrogen) atoms. The molecule has 2 N–H and O–H groups in total. The van der Waals surface area contributed by atoms with Gasteiger partial charge in [0.1, 0.15) is 0 Å². The summed E-state index contributed by atoms with van der Waals surface area (Å²) in [5.41, 5.74) is 2.01. The molecule has 0 unspecified atom stereocenters. The lowest BCUT2D eigenvalue weighted by atomic mass is 10.1. The number of amides is 1. The third-order valence-electron chi connectivity index (χ3n) is 3.81. The minimum atomic E-state index is -4.39. The van der Waals surface area contributed by atoms with Gasteiger partial charge < -0.3 is 10.6 Å². The van der Waals surface area contributed by atoms with E-state index in [1.54, 1.807) is 30.3 Å². The van der Waals surface area contributed by atoms with Gasteiger partial charge in [-0.15, -0.1) is 0 Å². The topological polar surface area (TPSA) is 66.9 Å². The summed E-state index contributed by atoms with van der Waals surface area (Å²) in [7, 11) is 0. The quantitative estimate of drug-likeness (QED) is 0.606. The third-order valence-corrected chi connectivity index (χ3v) is 3.81. The number of hydrogen-bond acceptors (Lipinski definition) is 4. The van der Waals surface area contributed by atoms with Crippen LogP contribution in [-0.4, -0.2) is 16.1 Å². The molecule has 8 heteroatoms. The van der Waals surface area contributed by atoms with Crippen molar-refractivity contribution in [2.45, 2.75) is 6.18 Å². The molecule has 1 aromatic heterocycles. The van der Waals surface area contributed by atoms with Crippen LogP contribution in [-0.2, 0) is 11.0 Å². The van der Waals surface area contributed by atoms with Crippen LogP contribution >= 0.6 is 0 Å². The number of carbonyl (C=O) groups excluding carboxylic acids is 1. The van der Waals surface area contributed by atoms with Crippen LogP contribution < -0.4 is 10.6 Å². The van der Waals surface area contributed by atoms with E-state index in [0.29, 0.717) is 28.3 Å². The van der Waals surface area contributed by atoms with Crippen LogP contribution in [0.1, 0.15) is 5.56 Å². The minimum absolute atomic E-state index is 0.367. The molecule has 3 aromatic rings. The lowest BCUT2D eigenvalue weighted by molar-refractivity contribution is -0.137. The van der Waals surface area contributed by atoms with Gasteiger partial charge in [-0.2, -0.15) is 23.4 Å². The van der Waals surface area contributed by atoms with Crippen molar-refractivity contribution in [1.29, 1.82) is 0 Å². The molecule has 1 heterocycles. The van der Waals surface area contributed by atoms with E-state index in [1.807, 2.05) is 0 Å². The molecule has 0 aliphatic rings. The summed E-state index contributed by atoms with van der Waals surface area (Å²) in [6.45, 7) is 3.41. The Hall–Kier alpha value is -3.68. The molecular formula is C20H15F3N4O. The molecule has 0 radical (unpaired) electrons. The number of aromatic nitrogens is 2. The van der Waals surface area contributed by atoms with E-state index in [9.17, 15) is 18.0 Å². The monoisotopic (exact) mass is 384 g/mol. The Morgan fingerprint density at radius 2 is 1.75 bits per heavy atom. The number of rotatable bonds is 5. The van der Waals surface area contributed by atoms with E-state index in [2.05, 4.69) is 27.4 Å². The van der Waals surface area contributed by atoms with E-state index < -0.39 is 11.7 Å². The number of carbonyl (C=O) groups is 1. The summed E-state index contributed by atoms with van der Waals surface area (Å²) in [4.78, 5) is 11.6. The largest absolute Gasteiger partial charge is 0.416 e. The fourth-order valence-electron chi connectivity index (χ4n) is 2.48. The van der Waals surface area contributed by atoms with Crippen LogP contribution in [0.3, 0.4) is 0 Å². The zero-order chi connectivity index (χ0) is 20.1. The average Bonchev–Trinajstić information content (AvgIpc) is 2.69. The van der Waals surface area contributed by atoms with E-state index in [4.69, 9.17) is 0 Å². The zero-order valence-corrected chi connectivity index (χ0v) is 14.5. The molecule has 0 bridgehead atoms. The summed E-state index contributed by atoms with van der Waals surface area (Å²) in [5.74, 6) is -0.367. The van der Waals surface area contributed by atoms with Crippen molar-refractivity contribution < 1.29 is 18.0 Å². The highest BCUT2D eigenvalue weighted by Gasteiger charge is 2.29. The predicted octanol–water partition coefficient (Wildman–Crippen LogP) is 5.03. The van der Waals surface area contributed by atoms with Gasteiger partial charge in [-0.05, 0) is 60.7 Å². The molecule has 0 saturated carbocycles. The van der Waals surface area contributed by atoms with E-state index in [1.165, 1.54) is 18.3 Å². The second kappa shape index (κ2) is 7.91. The molecule has 2 aromatic carbocycles. The Balaban J connectivity index is 1.95. The number of hydrogen-bond donors (Lipinski definition) is 2. The molecule has 0 atom stereocenters. The van der Waals surface area contributed by atoms with Crippen molar-refractivity contribution in [3.63, 3.8) is 0 Å². The second-order valence-corrected chi connectivity index (χ2v) is 5.76. The highest BCUT2D eigenvalue weighted by Crippen LogP contribution is 2.33. The number of halogens is 3. The summed E-state index contributed by atoms with van der Waals surface area (Å²) in [5, 5.41) is 13.6. The maximum atomic E-state index is 12.7. The zero-order valence-electron chi connectivity index (χ0n) is 14.5. The van der Waals surface area contributed by atoms with Gasteiger partial charge in [-0.25, -0.2) is 0 Å². The van der Waals surface area contributed by atoms with Gasteiger partial charge in [-0.3, -0.25) is 4.79 Å². The van der Waals surface area contributed by atoms with Crippen molar-refractivity contribution >= 4 is 23.0 Å². The van der Waals surface area contributed by atoms with Gasteiger partial charge in [0, 0.05) is 28.8 Å². The fraction of sp³-hybridized carbons (Fsp3) is 0.0500. The summed E-state index contributed by atoms with van der Waals surface area (Å²) >= 11 is 0. The molecule has 1 amide bonds. The number of nitrogens with zero attached hydrogens (tertiary/aromatic N) is 2. The van der Waals surface area contributed by atoms with Crippen molar-refractivity contribution in [2.24, 2.45) is 0 Å². The Labute approximate surface area is 158 Å². The lowest BCUT2D eigenvalue weighted by Gasteiger charge is -2.14. The molecular weight excluding hydrogens is 369 g/mol. The standard InChI is InChI=1S/C20H15F3N4O/c1-2-19(28)26-15-9-10-17(16(12-15)18-4-3-11-24-27-18)25-14-7-5-13(6-8-14)20(21,22)23/h2-12,25H,1H2,(H,26,28). The van der Waals surface area contributed by atoms with Gasteiger partial charge in [0.2, 0.25) is 5.91 Å². The SMILES string of the molecule is C=CC(=O)Nc1ccc(Nc2ccc(C(F)(F)F)cc2)c(-c2cccnn2)c1. The number of alkyl halides is 3. The minimum Gasteiger partial charge on any atom is -0.355 e. The van der Waals surface area contributed by atoms with Crippen LogP contribution in [0.15, 0.2) is 73.4 Å². The first-order valence-corrected chi connectivity index (χ1v) is 8.16. The highest BCUT2D eigenvalue weighted by atomic mass is 19.4. The van der Waals surface area contributed by atoms with Crippen molar-refractivity contribution in [3.05, 3.63) is 79.0 Å². The Bertz CT molecular complexity index is 987. The predicted molar refractivity (Wildman–Crippen MR) is 101 cm³/mol. The molecule has 0 fully saturated rings. The number of benzene rings is 2. The van der Waals surface area contributed by atoms with Gasteiger partial charge in [-0.1, -0.05) is 6.58 Å². The lowest BCUT2D eigenvalue weighted by Crippen LogP contribution is -2.08. The van der Waals surface area contributed by atoms with E-state index in [-0.39, 0.29) is 5.91 Å². The first-order valence-electron chi connectivity index (χ1n) is 8.16. The van der Waals surface area contributed by atoms with Gasteiger partial charge in [0.25, 0.3) is 0 Å². The molecule has 5 nitrogen and oxygen atoms in total. The Morgan fingerprint density at radius 1 is 1.04 bits per heavy atom. The molecule has 3 rings (SSSR count). The van der Waals surface area contributed by atoms with Crippen LogP contribution in [0.25, 0.3) is 11.3 Å². The van der Waals surface area contributed by atoms with Gasteiger partial charge >= 0.3 is 6.18 Å². The van der Waals surface area contributed by atoms with Gasteiger partial charge in [0.15, 0.2) is 0 Å². The summed E-state index contributed by atoms with van der Waals surface area (Å²) in [6.07, 6.45) is -1.72. The number of anilines is 3. The molecule has 0 saturated heterocycles. The van der Waals surface area contributed by atoms with Crippen LogP contribution in [0.2, 0.25) is 0 Å². The maximum absolute atomic E-state index is 12.7. The first-order chi connectivity index (χ1) is 13.4. The number of nitrogens with one attached hydrogen (secondary N) is 2. The smallest absolute Gasteiger partial charge is 0.355 e. The Kier molecular flexibility index (Phi) is 5.39. The van der Waals surface area contributed by atoms with Crippen LogP contribution in [0.4, 0.5) is 30.2 Å². The van der Waals surface area contributed by atoms with Gasteiger partial charge in [0.05, 0.1) is 11.3 Å². The van der Waals surface area contributed by atoms with Crippen molar-refractivity contribution in [2.75, 3.05) is 10.6 Å². The van der Waals surface area contributed by atoms with E-state index in [0.717, 1.165) is 18.2 Å². The summed E-state index contributed by atoms with van der Waals surface area (Å²) in [6, 6.07) is 13.2.